The lowest BCUT2D eigenvalue weighted by Crippen LogP contribution is -2.29. The fourth-order valence-electron chi connectivity index (χ4n) is 15.4. The standard InChI is InChI=1S/C94H184N2O14/c1-7-13-18-23-27-28-29-39-59-80-103-91(99)104-83-63-44-56-75-96(77-79-98)74-53-36-30-40-60-84-107-94(102)110-90(70-51-33-26-21-16-10-4)71-52-43-50-65-87(12-6)64-46-34-35-49-69-89(68-48-32-25-20-15-9-3)86-109-93(101)106-82-62-42-38-55-73-95(76-57-58-78-97)72-54-37-41-61-81-105-92(100)108-85-88(66-45-22-17-11-5)67-47-31-24-19-14-8-2/h87-90,97-98H,7-86H2,1-6H3. The maximum Gasteiger partial charge on any atom is 0.508 e. The highest BCUT2D eigenvalue weighted by Gasteiger charge is 2.19. The van der Waals surface area contributed by atoms with Gasteiger partial charge in [-0.25, -0.2) is 19.2 Å². The molecule has 0 aromatic rings. The fourth-order valence-corrected chi connectivity index (χ4v) is 15.4. The van der Waals surface area contributed by atoms with Crippen molar-refractivity contribution in [2.45, 2.75) is 465 Å². The van der Waals surface area contributed by atoms with Crippen LogP contribution in [0.25, 0.3) is 0 Å². The minimum absolute atomic E-state index is 0.0792. The molecule has 654 valence electrons. The average molecular weight is 1570 g/mol. The molecule has 0 heterocycles. The molecule has 0 aromatic heterocycles. The highest BCUT2D eigenvalue weighted by Crippen LogP contribution is 2.26. The van der Waals surface area contributed by atoms with Gasteiger partial charge in [-0.05, 0) is 179 Å². The summed E-state index contributed by atoms with van der Waals surface area (Å²) in [5, 5.41) is 19.1. The average Bonchev–Trinajstić information content (AvgIpc) is 0.986. The maximum atomic E-state index is 13.0. The van der Waals surface area contributed by atoms with Crippen LogP contribution in [0.15, 0.2) is 0 Å². The van der Waals surface area contributed by atoms with E-state index < -0.39 is 24.6 Å². The van der Waals surface area contributed by atoms with Gasteiger partial charge in [-0.3, -0.25) is 0 Å². The molecule has 0 fully saturated rings. The van der Waals surface area contributed by atoms with Crippen LogP contribution < -0.4 is 0 Å². The second-order valence-electron chi connectivity index (χ2n) is 33.1. The van der Waals surface area contributed by atoms with Crippen molar-refractivity contribution in [2.24, 2.45) is 17.8 Å². The van der Waals surface area contributed by atoms with E-state index in [4.69, 9.17) is 37.9 Å². The Hall–Kier alpha value is -3.08. The van der Waals surface area contributed by atoms with Crippen molar-refractivity contribution >= 4 is 24.6 Å². The largest absolute Gasteiger partial charge is 0.508 e. The molecule has 0 aliphatic heterocycles. The summed E-state index contributed by atoms with van der Waals surface area (Å²) in [6.45, 7) is 22.6. The van der Waals surface area contributed by atoms with Crippen molar-refractivity contribution in [1.29, 1.82) is 0 Å². The zero-order valence-electron chi connectivity index (χ0n) is 73.6. The van der Waals surface area contributed by atoms with Gasteiger partial charge in [-0.2, -0.15) is 0 Å². The third-order valence-electron chi connectivity index (χ3n) is 22.7. The molecule has 0 aromatic carbocycles. The topological polar surface area (TPSA) is 189 Å². The zero-order chi connectivity index (χ0) is 80.0. The van der Waals surface area contributed by atoms with Crippen LogP contribution in [0.4, 0.5) is 19.2 Å². The Bertz CT molecular complexity index is 1880. The predicted octanol–water partition coefficient (Wildman–Crippen LogP) is 27.9. The van der Waals surface area contributed by atoms with Crippen molar-refractivity contribution in [2.75, 3.05) is 98.7 Å². The second-order valence-corrected chi connectivity index (χ2v) is 33.1. The summed E-state index contributed by atoms with van der Waals surface area (Å²) in [4.78, 5) is 55.2. The number of nitrogens with zero attached hydrogens (tertiary/aromatic N) is 2. The summed E-state index contributed by atoms with van der Waals surface area (Å²) in [7, 11) is 0. The molecule has 0 rings (SSSR count). The van der Waals surface area contributed by atoms with Crippen molar-refractivity contribution < 1.29 is 67.3 Å². The Kier molecular flexibility index (Phi) is 85.8. The van der Waals surface area contributed by atoms with Crippen molar-refractivity contribution in [3.63, 3.8) is 0 Å². The van der Waals surface area contributed by atoms with Gasteiger partial charge in [0, 0.05) is 13.2 Å². The fraction of sp³-hybridized carbons (Fsp3) is 0.957. The van der Waals surface area contributed by atoms with Gasteiger partial charge < -0.3 is 57.9 Å². The van der Waals surface area contributed by atoms with Gasteiger partial charge in [-0.1, -0.05) is 330 Å². The van der Waals surface area contributed by atoms with Crippen LogP contribution in [-0.2, 0) is 37.9 Å². The number of carbonyl (C=O) groups is 4. The molecule has 0 saturated heterocycles. The first-order valence-corrected chi connectivity index (χ1v) is 48.0. The summed E-state index contributed by atoms with van der Waals surface area (Å²) in [6, 6.07) is 0. The Morgan fingerprint density at radius 2 is 0.455 bits per heavy atom. The molecule has 110 heavy (non-hydrogen) atoms. The van der Waals surface area contributed by atoms with Crippen molar-refractivity contribution in [1.82, 2.24) is 9.80 Å². The summed E-state index contributed by atoms with van der Waals surface area (Å²) in [5.41, 5.74) is 0. The minimum atomic E-state index is -0.550. The van der Waals surface area contributed by atoms with E-state index in [9.17, 15) is 29.4 Å². The Morgan fingerprint density at radius 3 is 0.764 bits per heavy atom. The van der Waals surface area contributed by atoms with Crippen LogP contribution in [-0.4, -0.2) is 149 Å². The van der Waals surface area contributed by atoms with Crippen molar-refractivity contribution in [3.8, 4) is 0 Å². The van der Waals surface area contributed by atoms with Gasteiger partial charge >= 0.3 is 24.6 Å². The summed E-state index contributed by atoms with van der Waals surface area (Å²) >= 11 is 0. The zero-order valence-corrected chi connectivity index (χ0v) is 73.6. The Balaban J connectivity index is 4.62. The van der Waals surface area contributed by atoms with Crippen LogP contribution in [0.3, 0.4) is 0 Å². The lowest BCUT2D eigenvalue weighted by Gasteiger charge is -2.22. The molecule has 0 spiro atoms. The molecular formula is C94H184N2O14. The molecule has 0 aliphatic carbocycles. The highest BCUT2D eigenvalue weighted by atomic mass is 16.7. The van der Waals surface area contributed by atoms with Gasteiger partial charge in [0.1, 0.15) is 6.10 Å². The van der Waals surface area contributed by atoms with Crippen molar-refractivity contribution in [3.05, 3.63) is 0 Å². The highest BCUT2D eigenvalue weighted by molar-refractivity contribution is 5.60. The Labute approximate surface area is 679 Å². The molecular weight excluding hydrogens is 1380 g/mol. The van der Waals surface area contributed by atoms with Crippen LogP contribution in [0.1, 0.15) is 459 Å². The van der Waals surface area contributed by atoms with E-state index in [2.05, 4.69) is 51.3 Å². The normalized spacial score (nSPS) is 12.7. The van der Waals surface area contributed by atoms with E-state index in [1.807, 2.05) is 0 Å². The molecule has 0 aliphatic rings. The molecule has 4 atom stereocenters. The van der Waals surface area contributed by atoms with E-state index in [1.54, 1.807) is 0 Å². The molecule has 2 N–H and O–H groups in total. The van der Waals surface area contributed by atoms with Crippen LogP contribution in [0, 0.1) is 17.8 Å². The first-order chi connectivity index (χ1) is 54.1. The van der Waals surface area contributed by atoms with Crippen LogP contribution in [0.2, 0.25) is 0 Å². The number of aliphatic hydroxyl groups excluding tert-OH is 2. The molecule has 0 amide bonds. The van der Waals surface area contributed by atoms with E-state index >= 15 is 0 Å². The predicted molar refractivity (Wildman–Crippen MR) is 460 cm³/mol. The van der Waals surface area contributed by atoms with Gasteiger partial charge in [0.05, 0.1) is 52.9 Å². The van der Waals surface area contributed by atoms with Gasteiger partial charge in [0.15, 0.2) is 0 Å². The molecule has 0 saturated carbocycles. The number of hydrogen-bond acceptors (Lipinski definition) is 16. The smallest absolute Gasteiger partial charge is 0.434 e. The third kappa shape index (κ3) is 78.8. The molecule has 0 bridgehead atoms. The number of aliphatic hydroxyl groups is 2. The third-order valence-corrected chi connectivity index (χ3v) is 22.7. The number of hydrogen-bond donors (Lipinski definition) is 2. The number of ether oxygens (including phenoxy) is 8. The second kappa shape index (κ2) is 88.3. The Morgan fingerprint density at radius 1 is 0.227 bits per heavy atom. The van der Waals surface area contributed by atoms with Gasteiger partial charge in [0.2, 0.25) is 0 Å². The molecule has 4 unspecified atom stereocenters. The summed E-state index contributed by atoms with van der Waals surface area (Å²) < 4.78 is 44.7. The quantitative estimate of drug-likeness (QED) is 0.0332. The van der Waals surface area contributed by atoms with Crippen LogP contribution >= 0.6 is 0 Å². The summed E-state index contributed by atoms with van der Waals surface area (Å²) in [5.74, 6) is 1.57. The number of carbonyl (C=O) groups excluding carboxylic acids is 4. The van der Waals surface area contributed by atoms with E-state index in [0.717, 1.165) is 218 Å². The SMILES string of the molecule is CCCCCCCCCCCOC(=O)OCCCCCN(CCO)CCCCCCCOC(=O)OC(CCCCCCCC)CCCCCC(CC)CCCCCCC(CCCCCCCC)COC(=O)OCCCCCCN(CCCCO)CCCCCCOC(=O)OCC(CCCCCC)CCCCCCCC. The van der Waals surface area contributed by atoms with Gasteiger partial charge in [-0.15, -0.1) is 0 Å². The van der Waals surface area contributed by atoms with E-state index in [-0.39, 0.29) is 19.3 Å². The van der Waals surface area contributed by atoms with Gasteiger partial charge in [0.25, 0.3) is 0 Å². The maximum absolute atomic E-state index is 13.0. The minimum Gasteiger partial charge on any atom is -0.434 e. The number of rotatable bonds is 89. The lowest BCUT2D eigenvalue weighted by atomic mass is 9.91. The summed E-state index contributed by atoms with van der Waals surface area (Å²) in [6.07, 6.45) is 72.7. The molecule has 16 heteroatoms. The first kappa shape index (κ1) is 107. The number of unbranched alkanes of at least 4 members (excludes halogenated alkanes) is 44. The monoisotopic (exact) mass is 1570 g/mol. The molecule has 0 radical (unpaired) electrons. The molecule has 16 nitrogen and oxygen atoms in total. The van der Waals surface area contributed by atoms with E-state index in [0.29, 0.717) is 64.6 Å². The van der Waals surface area contributed by atoms with E-state index in [1.165, 1.54) is 238 Å². The first-order valence-electron chi connectivity index (χ1n) is 48.0. The lowest BCUT2D eigenvalue weighted by molar-refractivity contribution is 0.0153. The van der Waals surface area contributed by atoms with Crippen LogP contribution in [0.5, 0.6) is 0 Å².